The van der Waals surface area contributed by atoms with E-state index in [0.717, 1.165) is 39.3 Å². The number of ether oxygens (including phenoxy) is 2. The summed E-state index contributed by atoms with van der Waals surface area (Å²) in [5.41, 5.74) is 0. The van der Waals surface area contributed by atoms with E-state index in [-0.39, 0.29) is 0 Å². The van der Waals surface area contributed by atoms with Crippen LogP contribution in [0.1, 0.15) is 26.7 Å². The number of hydrogen-bond acceptors (Lipinski definition) is 2. The molecule has 12 heavy (non-hydrogen) atoms. The molecular formula is C10H21O2. The van der Waals surface area contributed by atoms with Gasteiger partial charge in [0.15, 0.2) is 0 Å². The molecule has 0 aromatic heterocycles. The Morgan fingerprint density at radius 2 is 1.75 bits per heavy atom. The molecule has 0 atom stereocenters. The molecule has 0 spiro atoms. The van der Waals surface area contributed by atoms with Crippen molar-refractivity contribution in [1.82, 2.24) is 0 Å². The molecule has 0 fully saturated rings. The summed E-state index contributed by atoms with van der Waals surface area (Å²) in [5.74, 6) is 0.630. The SMILES string of the molecule is [CH2]CCOCCCOCC(C)C. The second-order valence-electron chi connectivity index (χ2n) is 3.29. The molecule has 0 amide bonds. The van der Waals surface area contributed by atoms with Gasteiger partial charge in [-0.2, -0.15) is 0 Å². The van der Waals surface area contributed by atoms with Gasteiger partial charge in [0.25, 0.3) is 0 Å². The maximum Gasteiger partial charge on any atom is 0.0489 e. The first-order valence-corrected chi connectivity index (χ1v) is 4.72. The summed E-state index contributed by atoms with van der Waals surface area (Å²) in [5, 5.41) is 0. The zero-order valence-electron chi connectivity index (χ0n) is 8.34. The van der Waals surface area contributed by atoms with Gasteiger partial charge in [0.1, 0.15) is 0 Å². The fourth-order valence-corrected chi connectivity index (χ4v) is 0.786. The molecule has 2 heteroatoms. The molecule has 73 valence electrons. The van der Waals surface area contributed by atoms with Gasteiger partial charge in [0.05, 0.1) is 0 Å². The van der Waals surface area contributed by atoms with Crippen LogP contribution in [0, 0.1) is 12.8 Å². The molecule has 0 aliphatic carbocycles. The fourth-order valence-electron chi connectivity index (χ4n) is 0.786. The predicted molar refractivity (Wildman–Crippen MR) is 51.1 cm³/mol. The Labute approximate surface area is 76.3 Å². The molecule has 0 aromatic rings. The van der Waals surface area contributed by atoms with Gasteiger partial charge < -0.3 is 9.47 Å². The average molecular weight is 173 g/mol. The zero-order chi connectivity index (χ0) is 9.23. The molecule has 0 heterocycles. The highest BCUT2D eigenvalue weighted by Crippen LogP contribution is 1.93. The van der Waals surface area contributed by atoms with E-state index in [1.165, 1.54) is 0 Å². The lowest BCUT2D eigenvalue weighted by molar-refractivity contribution is 0.0727. The molecule has 0 aliphatic rings. The summed E-state index contributed by atoms with van der Waals surface area (Å²) in [6.07, 6.45) is 1.85. The van der Waals surface area contributed by atoms with Crippen molar-refractivity contribution in [2.75, 3.05) is 26.4 Å². The van der Waals surface area contributed by atoms with Crippen LogP contribution in [0.25, 0.3) is 0 Å². The smallest absolute Gasteiger partial charge is 0.0489 e. The Kier molecular flexibility index (Phi) is 8.95. The topological polar surface area (TPSA) is 18.5 Å². The largest absolute Gasteiger partial charge is 0.381 e. The Bertz CT molecular complexity index is 81.9. The first-order valence-electron chi connectivity index (χ1n) is 4.72. The molecule has 0 saturated carbocycles. The molecule has 0 unspecified atom stereocenters. The van der Waals surface area contributed by atoms with Gasteiger partial charge in [0, 0.05) is 26.4 Å². The molecular weight excluding hydrogens is 152 g/mol. The summed E-state index contributed by atoms with van der Waals surface area (Å²) < 4.78 is 10.6. The van der Waals surface area contributed by atoms with E-state index in [9.17, 15) is 0 Å². The van der Waals surface area contributed by atoms with Gasteiger partial charge >= 0.3 is 0 Å². The second-order valence-corrected chi connectivity index (χ2v) is 3.29. The molecule has 0 bridgehead atoms. The maximum absolute atomic E-state index is 5.38. The molecule has 0 aliphatic heterocycles. The van der Waals surface area contributed by atoms with Crippen LogP contribution in [0.5, 0.6) is 0 Å². The minimum Gasteiger partial charge on any atom is -0.381 e. The molecule has 0 rings (SSSR count). The van der Waals surface area contributed by atoms with Crippen molar-refractivity contribution in [1.29, 1.82) is 0 Å². The van der Waals surface area contributed by atoms with Crippen molar-refractivity contribution >= 4 is 0 Å². The fraction of sp³-hybridized carbons (Fsp3) is 0.900. The van der Waals surface area contributed by atoms with Crippen molar-refractivity contribution in [2.24, 2.45) is 5.92 Å². The van der Waals surface area contributed by atoms with E-state index in [1.54, 1.807) is 0 Å². The lowest BCUT2D eigenvalue weighted by Crippen LogP contribution is -2.05. The minimum atomic E-state index is 0.630. The average Bonchev–Trinajstić information content (AvgIpc) is 2.02. The van der Waals surface area contributed by atoms with Crippen LogP contribution >= 0.6 is 0 Å². The van der Waals surface area contributed by atoms with Gasteiger partial charge in [-0.3, -0.25) is 0 Å². The summed E-state index contributed by atoms with van der Waals surface area (Å²) in [7, 11) is 0. The summed E-state index contributed by atoms with van der Waals surface area (Å²) in [6.45, 7) is 11.2. The van der Waals surface area contributed by atoms with Gasteiger partial charge in [-0.05, 0) is 18.8 Å². The first kappa shape index (κ1) is 11.9. The van der Waals surface area contributed by atoms with Crippen molar-refractivity contribution in [2.45, 2.75) is 26.7 Å². The Balaban J connectivity index is 2.82. The van der Waals surface area contributed by atoms with E-state index < -0.39 is 0 Å². The maximum atomic E-state index is 5.38. The van der Waals surface area contributed by atoms with E-state index >= 15 is 0 Å². The standard InChI is InChI=1S/C10H21O2/c1-4-6-11-7-5-8-12-9-10(2)3/h10H,1,4-9H2,2-3H3. The Hall–Kier alpha value is -0.0800. The van der Waals surface area contributed by atoms with Crippen LogP contribution in [0.4, 0.5) is 0 Å². The van der Waals surface area contributed by atoms with Crippen LogP contribution in [0.3, 0.4) is 0 Å². The van der Waals surface area contributed by atoms with Crippen molar-refractivity contribution in [3.8, 4) is 0 Å². The predicted octanol–water partition coefficient (Wildman–Crippen LogP) is 2.29. The quantitative estimate of drug-likeness (QED) is 0.524. The van der Waals surface area contributed by atoms with E-state index in [1.807, 2.05) is 0 Å². The highest BCUT2D eigenvalue weighted by atomic mass is 16.5. The van der Waals surface area contributed by atoms with E-state index in [0.29, 0.717) is 5.92 Å². The van der Waals surface area contributed by atoms with Gasteiger partial charge in [-0.15, -0.1) is 0 Å². The molecule has 2 nitrogen and oxygen atoms in total. The lowest BCUT2D eigenvalue weighted by atomic mass is 10.2. The molecule has 0 saturated heterocycles. The highest BCUT2D eigenvalue weighted by molar-refractivity contribution is 4.41. The van der Waals surface area contributed by atoms with Crippen LogP contribution in [-0.2, 0) is 9.47 Å². The third-order valence-corrected chi connectivity index (χ3v) is 1.32. The Morgan fingerprint density at radius 1 is 1.08 bits per heavy atom. The number of hydrogen-bond donors (Lipinski definition) is 0. The van der Waals surface area contributed by atoms with Crippen molar-refractivity contribution in [3.05, 3.63) is 6.92 Å². The van der Waals surface area contributed by atoms with Gasteiger partial charge in [-0.25, -0.2) is 0 Å². The molecule has 0 N–H and O–H groups in total. The van der Waals surface area contributed by atoms with Crippen LogP contribution in [0.15, 0.2) is 0 Å². The van der Waals surface area contributed by atoms with E-state index in [4.69, 9.17) is 9.47 Å². The lowest BCUT2D eigenvalue weighted by Gasteiger charge is -2.06. The highest BCUT2D eigenvalue weighted by Gasteiger charge is 1.93. The molecule has 1 radical (unpaired) electrons. The monoisotopic (exact) mass is 173 g/mol. The zero-order valence-corrected chi connectivity index (χ0v) is 8.34. The summed E-state index contributed by atoms with van der Waals surface area (Å²) in [4.78, 5) is 0. The Morgan fingerprint density at radius 3 is 2.33 bits per heavy atom. The van der Waals surface area contributed by atoms with Gasteiger partial charge in [-0.1, -0.05) is 20.8 Å². The number of rotatable bonds is 8. The van der Waals surface area contributed by atoms with E-state index in [2.05, 4.69) is 20.8 Å². The first-order chi connectivity index (χ1) is 5.77. The third kappa shape index (κ3) is 9.92. The minimum absolute atomic E-state index is 0.630. The normalized spacial score (nSPS) is 11.0. The van der Waals surface area contributed by atoms with Crippen molar-refractivity contribution < 1.29 is 9.47 Å². The van der Waals surface area contributed by atoms with Crippen LogP contribution < -0.4 is 0 Å². The van der Waals surface area contributed by atoms with Crippen LogP contribution in [0.2, 0.25) is 0 Å². The van der Waals surface area contributed by atoms with Crippen molar-refractivity contribution in [3.63, 3.8) is 0 Å². The molecule has 0 aromatic carbocycles. The van der Waals surface area contributed by atoms with Gasteiger partial charge in [0.2, 0.25) is 0 Å². The third-order valence-electron chi connectivity index (χ3n) is 1.32. The summed E-state index contributed by atoms with van der Waals surface area (Å²) >= 11 is 0. The second kappa shape index (κ2) is 9.01. The summed E-state index contributed by atoms with van der Waals surface area (Å²) in [6, 6.07) is 0. The van der Waals surface area contributed by atoms with Crippen LogP contribution in [-0.4, -0.2) is 26.4 Å².